The highest BCUT2D eigenvalue weighted by Crippen LogP contribution is 2.19. The van der Waals surface area contributed by atoms with Crippen molar-refractivity contribution in [3.63, 3.8) is 0 Å². The molecular weight excluding hydrogens is 250 g/mol. The maximum atomic E-state index is 10.7. The summed E-state index contributed by atoms with van der Waals surface area (Å²) < 4.78 is 5.53. The lowest BCUT2D eigenvalue weighted by Gasteiger charge is -2.15. The van der Waals surface area contributed by atoms with Crippen LogP contribution in [0.4, 0.5) is 0 Å². The van der Waals surface area contributed by atoms with E-state index in [-0.39, 0.29) is 19.6 Å². The van der Waals surface area contributed by atoms with Crippen LogP contribution >= 0.6 is 0 Å². The second kappa shape index (κ2) is 5.53. The van der Waals surface area contributed by atoms with Gasteiger partial charge in [0.2, 0.25) is 0 Å². The van der Waals surface area contributed by atoms with Crippen molar-refractivity contribution >= 4 is 22.9 Å². The highest BCUT2D eigenvalue weighted by atomic mass is 16.4. The average molecular weight is 263 g/mol. The van der Waals surface area contributed by atoms with Gasteiger partial charge in [0.1, 0.15) is 11.3 Å². The molecule has 2 rings (SSSR count). The van der Waals surface area contributed by atoms with Gasteiger partial charge in [-0.2, -0.15) is 0 Å². The highest BCUT2D eigenvalue weighted by Gasteiger charge is 2.15. The maximum Gasteiger partial charge on any atom is 0.317 e. The average Bonchev–Trinajstić information content (AvgIpc) is 2.68. The van der Waals surface area contributed by atoms with E-state index in [2.05, 4.69) is 0 Å². The molecule has 0 amide bonds. The predicted octanol–water partition coefficient (Wildman–Crippen LogP) is 1.40. The van der Waals surface area contributed by atoms with Crippen LogP contribution in [0.15, 0.2) is 34.7 Å². The van der Waals surface area contributed by atoms with Gasteiger partial charge in [0, 0.05) is 5.39 Å². The summed E-state index contributed by atoms with van der Waals surface area (Å²) in [5.41, 5.74) is 0.697. The smallest absolute Gasteiger partial charge is 0.317 e. The lowest BCUT2D eigenvalue weighted by molar-refractivity contribution is -0.142. The molecule has 0 unspecified atom stereocenters. The van der Waals surface area contributed by atoms with Gasteiger partial charge in [-0.05, 0) is 12.1 Å². The second-order valence-corrected chi connectivity index (χ2v) is 4.18. The molecule has 0 atom stereocenters. The Bertz CT molecular complexity index is 555. The monoisotopic (exact) mass is 263 g/mol. The summed E-state index contributed by atoms with van der Waals surface area (Å²) >= 11 is 0. The lowest BCUT2D eigenvalue weighted by atomic mass is 10.2. The Morgan fingerprint density at radius 1 is 1.11 bits per heavy atom. The molecule has 1 aromatic heterocycles. The van der Waals surface area contributed by atoms with Gasteiger partial charge in [-0.15, -0.1) is 0 Å². The van der Waals surface area contributed by atoms with Gasteiger partial charge in [0.25, 0.3) is 0 Å². The van der Waals surface area contributed by atoms with Gasteiger partial charge >= 0.3 is 11.9 Å². The summed E-state index contributed by atoms with van der Waals surface area (Å²) in [5.74, 6) is -1.60. The molecule has 100 valence electrons. The number of hydrogen-bond donors (Lipinski definition) is 2. The summed E-state index contributed by atoms with van der Waals surface area (Å²) in [6.07, 6.45) is 0. The van der Waals surface area contributed by atoms with Crippen LogP contribution in [0.25, 0.3) is 11.0 Å². The number of fused-ring (bicyclic) bond motifs is 1. The number of benzene rings is 1. The third-order valence-electron chi connectivity index (χ3n) is 2.57. The Morgan fingerprint density at radius 3 is 2.32 bits per heavy atom. The van der Waals surface area contributed by atoms with E-state index in [1.807, 2.05) is 18.2 Å². The zero-order chi connectivity index (χ0) is 13.8. The van der Waals surface area contributed by atoms with Crippen molar-refractivity contribution in [3.05, 3.63) is 36.1 Å². The Morgan fingerprint density at radius 2 is 1.74 bits per heavy atom. The van der Waals surface area contributed by atoms with Crippen molar-refractivity contribution in [1.82, 2.24) is 4.90 Å². The fraction of sp³-hybridized carbons (Fsp3) is 0.231. The summed E-state index contributed by atoms with van der Waals surface area (Å²) in [6.45, 7) is -0.542. The van der Waals surface area contributed by atoms with E-state index in [0.29, 0.717) is 11.3 Å². The number of hydrogen-bond acceptors (Lipinski definition) is 4. The maximum absolute atomic E-state index is 10.7. The lowest BCUT2D eigenvalue weighted by Crippen LogP contribution is -2.33. The normalized spacial score (nSPS) is 11.0. The van der Waals surface area contributed by atoms with Crippen LogP contribution in [-0.4, -0.2) is 40.1 Å². The Balaban J connectivity index is 2.15. The van der Waals surface area contributed by atoms with Crippen LogP contribution in [0.5, 0.6) is 0 Å². The van der Waals surface area contributed by atoms with Crippen LogP contribution < -0.4 is 0 Å². The molecule has 6 heteroatoms. The van der Waals surface area contributed by atoms with Crippen LogP contribution in [0.3, 0.4) is 0 Å². The molecule has 2 aromatic rings. The summed E-state index contributed by atoms with van der Waals surface area (Å²) in [7, 11) is 0. The van der Waals surface area contributed by atoms with E-state index in [9.17, 15) is 9.59 Å². The fourth-order valence-electron chi connectivity index (χ4n) is 1.89. The quantitative estimate of drug-likeness (QED) is 0.818. The van der Waals surface area contributed by atoms with Gasteiger partial charge in [-0.1, -0.05) is 18.2 Å². The first-order valence-corrected chi connectivity index (χ1v) is 5.68. The topological polar surface area (TPSA) is 91.0 Å². The molecule has 0 aliphatic carbocycles. The minimum absolute atomic E-state index is 0.146. The summed E-state index contributed by atoms with van der Waals surface area (Å²) in [4.78, 5) is 22.7. The SMILES string of the molecule is O=C(O)CN(CC(=O)O)Cc1cc2ccccc2o1. The first kappa shape index (κ1) is 13.1. The van der Waals surface area contributed by atoms with E-state index in [0.717, 1.165) is 5.39 Å². The number of carbonyl (C=O) groups is 2. The number of carboxylic acids is 2. The zero-order valence-electron chi connectivity index (χ0n) is 10.1. The van der Waals surface area contributed by atoms with E-state index < -0.39 is 11.9 Å². The number of carboxylic acid groups (broad SMARTS) is 2. The largest absolute Gasteiger partial charge is 0.480 e. The fourth-order valence-corrected chi connectivity index (χ4v) is 1.89. The number of nitrogens with zero attached hydrogens (tertiary/aromatic N) is 1. The molecule has 6 nitrogen and oxygen atoms in total. The minimum atomic E-state index is -1.07. The predicted molar refractivity (Wildman–Crippen MR) is 66.8 cm³/mol. The van der Waals surface area contributed by atoms with Crippen LogP contribution in [-0.2, 0) is 16.1 Å². The molecule has 1 heterocycles. The van der Waals surface area contributed by atoms with Gasteiger partial charge < -0.3 is 14.6 Å². The van der Waals surface area contributed by atoms with Crippen molar-refractivity contribution in [2.75, 3.05) is 13.1 Å². The number of rotatable bonds is 6. The number of furan rings is 1. The van der Waals surface area contributed by atoms with E-state index in [4.69, 9.17) is 14.6 Å². The van der Waals surface area contributed by atoms with Crippen LogP contribution in [0.2, 0.25) is 0 Å². The van der Waals surface area contributed by atoms with Gasteiger partial charge in [0.15, 0.2) is 0 Å². The number of para-hydroxylation sites is 1. The van der Waals surface area contributed by atoms with E-state index in [1.165, 1.54) is 4.90 Å². The summed E-state index contributed by atoms with van der Waals surface area (Å²) in [6, 6.07) is 9.17. The minimum Gasteiger partial charge on any atom is -0.480 e. The molecule has 0 radical (unpaired) electrons. The zero-order valence-corrected chi connectivity index (χ0v) is 10.1. The highest BCUT2D eigenvalue weighted by molar-refractivity contribution is 5.77. The van der Waals surface area contributed by atoms with E-state index >= 15 is 0 Å². The van der Waals surface area contributed by atoms with Crippen molar-refractivity contribution in [1.29, 1.82) is 0 Å². The van der Waals surface area contributed by atoms with Crippen molar-refractivity contribution in [3.8, 4) is 0 Å². The van der Waals surface area contributed by atoms with Crippen molar-refractivity contribution < 1.29 is 24.2 Å². The van der Waals surface area contributed by atoms with Crippen molar-refractivity contribution in [2.45, 2.75) is 6.54 Å². The van der Waals surface area contributed by atoms with Gasteiger partial charge in [-0.3, -0.25) is 14.5 Å². The van der Waals surface area contributed by atoms with Crippen LogP contribution in [0.1, 0.15) is 5.76 Å². The second-order valence-electron chi connectivity index (χ2n) is 4.18. The third kappa shape index (κ3) is 3.56. The van der Waals surface area contributed by atoms with E-state index in [1.54, 1.807) is 12.1 Å². The third-order valence-corrected chi connectivity index (χ3v) is 2.57. The van der Waals surface area contributed by atoms with Crippen LogP contribution in [0, 0.1) is 0 Å². The molecule has 0 fully saturated rings. The Labute approximate surface area is 108 Å². The number of aliphatic carboxylic acids is 2. The molecule has 0 aliphatic heterocycles. The Kier molecular flexibility index (Phi) is 3.82. The first-order chi connectivity index (χ1) is 9.04. The molecule has 0 saturated carbocycles. The molecule has 0 spiro atoms. The first-order valence-electron chi connectivity index (χ1n) is 5.68. The molecular formula is C13H13NO5. The van der Waals surface area contributed by atoms with Gasteiger partial charge in [-0.25, -0.2) is 0 Å². The summed E-state index contributed by atoms with van der Waals surface area (Å²) in [5, 5.41) is 18.4. The molecule has 0 aliphatic rings. The molecule has 0 bridgehead atoms. The van der Waals surface area contributed by atoms with Gasteiger partial charge in [0.05, 0.1) is 19.6 Å². The standard InChI is InChI=1S/C13H13NO5/c15-12(16)7-14(8-13(17)18)6-10-5-9-3-1-2-4-11(9)19-10/h1-5H,6-8H2,(H,15,16)(H,17,18). The molecule has 2 N–H and O–H groups in total. The molecule has 1 aromatic carbocycles. The van der Waals surface area contributed by atoms with Crippen molar-refractivity contribution in [2.24, 2.45) is 0 Å². The molecule has 19 heavy (non-hydrogen) atoms. The Hall–Kier alpha value is -2.34. The molecule has 0 saturated heterocycles.